The Morgan fingerprint density at radius 2 is 1.86 bits per heavy atom. The van der Waals surface area contributed by atoms with E-state index in [1.807, 2.05) is 12.1 Å². The van der Waals surface area contributed by atoms with Gasteiger partial charge >= 0.3 is 0 Å². The van der Waals surface area contributed by atoms with E-state index >= 15 is 0 Å². The fourth-order valence-corrected chi connectivity index (χ4v) is 3.39. The molecule has 1 saturated carbocycles. The summed E-state index contributed by atoms with van der Waals surface area (Å²) in [6.45, 7) is 0. The predicted molar refractivity (Wildman–Crippen MR) is 79.5 cm³/mol. The Hall–Kier alpha value is -2.37. The molecule has 2 aliphatic rings. The van der Waals surface area contributed by atoms with Crippen LogP contribution in [0.2, 0.25) is 0 Å². The summed E-state index contributed by atoms with van der Waals surface area (Å²) >= 11 is 0. The molecule has 6 heteroatoms. The second kappa shape index (κ2) is 4.58. The first-order valence-corrected chi connectivity index (χ1v) is 7.32. The second-order valence-corrected chi connectivity index (χ2v) is 5.72. The Morgan fingerprint density at radius 3 is 2.67 bits per heavy atom. The Morgan fingerprint density at radius 1 is 1.10 bits per heavy atom. The van der Waals surface area contributed by atoms with Gasteiger partial charge in [0.15, 0.2) is 0 Å². The molecule has 6 nitrogen and oxygen atoms in total. The van der Waals surface area contributed by atoms with Crippen LogP contribution < -0.4 is 16.2 Å². The van der Waals surface area contributed by atoms with Crippen molar-refractivity contribution in [2.75, 3.05) is 5.32 Å². The molecule has 2 atom stereocenters. The number of amides is 1. The Kier molecular flexibility index (Phi) is 2.70. The molecule has 1 amide bonds. The van der Waals surface area contributed by atoms with Gasteiger partial charge in [-0.1, -0.05) is 12.8 Å². The molecule has 0 saturated heterocycles. The number of aromatic nitrogens is 2. The van der Waals surface area contributed by atoms with Crippen molar-refractivity contribution in [1.82, 2.24) is 15.3 Å². The van der Waals surface area contributed by atoms with Gasteiger partial charge in [-0.05, 0) is 25.0 Å². The second-order valence-electron chi connectivity index (χ2n) is 5.72. The van der Waals surface area contributed by atoms with Crippen molar-refractivity contribution in [3.8, 4) is 0 Å². The van der Waals surface area contributed by atoms with E-state index in [4.69, 9.17) is 0 Å². The number of carbonyl (C=O) groups excluding carboxylic acids is 1. The molecule has 2 aromatic heterocycles. The Bertz CT molecular complexity index is 783. The smallest absolute Gasteiger partial charge is 0.264 e. The van der Waals surface area contributed by atoms with Crippen molar-refractivity contribution in [3.05, 3.63) is 34.2 Å². The van der Waals surface area contributed by atoms with Crippen LogP contribution in [0.1, 0.15) is 36.0 Å². The Balaban J connectivity index is 1.96. The number of pyridine rings is 2. The average molecular weight is 284 g/mol. The van der Waals surface area contributed by atoms with Gasteiger partial charge < -0.3 is 15.6 Å². The van der Waals surface area contributed by atoms with Crippen molar-refractivity contribution in [2.45, 2.75) is 37.8 Å². The van der Waals surface area contributed by atoms with Crippen LogP contribution in [0.15, 0.2) is 23.1 Å². The van der Waals surface area contributed by atoms with Gasteiger partial charge in [-0.2, -0.15) is 0 Å². The number of carbonyl (C=O) groups is 1. The standard InChI is InChI=1S/C15H16N4O2/c20-14-11-12(17-9-5-1-2-6-10(9)18-14)8-4-3-7-16-13(8)19-15(11)21/h3-4,7,9-10,17H,1-2,5-6H2,(H,18,20)(H,16,19,21). The third kappa shape index (κ3) is 1.90. The first-order valence-electron chi connectivity index (χ1n) is 7.32. The highest BCUT2D eigenvalue weighted by Crippen LogP contribution is 2.30. The van der Waals surface area contributed by atoms with Crippen molar-refractivity contribution >= 4 is 22.6 Å². The summed E-state index contributed by atoms with van der Waals surface area (Å²) in [4.78, 5) is 31.6. The van der Waals surface area contributed by atoms with Gasteiger partial charge in [0.05, 0.1) is 5.69 Å². The highest BCUT2D eigenvalue weighted by atomic mass is 16.2. The van der Waals surface area contributed by atoms with Gasteiger partial charge in [-0.15, -0.1) is 0 Å². The molecule has 1 aliphatic heterocycles. The van der Waals surface area contributed by atoms with Crippen molar-refractivity contribution in [3.63, 3.8) is 0 Å². The highest BCUT2D eigenvalue weighted by molar-refractivity contribution is 6.07. The lowest BCUT2D eigenvalue weighted by Gasteiger charge is -2.31. The number of anilines is 1. The lowest BCUT2D eigenvalue weighted by Crippen LogP contribution is -2.46. The predicted octanol–water partition coefficient (Wildman–Crippen LogP) is 1.39. The van der Waals surface area contributed by atoms with Crippen LogP contribution in [0.25, 0.3) is 11.0 Å². The monoisotopic (exact) mass is 284 g/mol. The van der Waals surface area contributed by atoms with Crippen LogP contribution in [0.3, 0.4) is 0 Å². The molecule has 0 aromatic carbocycles. The topological polar surface area (TPSA) is 86.9 Å². The molecular weight excluding hydrogens is 268 g/mol. The van der Waals surface area contributed by atoms with E-state index in [-0.39, 0.29) is 29.1 Å². The first kappa shape index (κ1) is 12.4. The summed E-state index contributed by atoms with van der Waals surface area (Å²) < 4.78 is 0. The highest BCUT2D eigenvalue weighted by Gasteiger charge is 2.33. The van der Waals surface area contributed by atoms with Crippen molar-refractivity contribution < 1.29 is 4.79 Å². The fraction of sp³-hybridized carbons (Fsp3) is 0.400. The first-order chi connectivity index (χ1) is 10.2. The van der Waals surface area contributed by atoms with Crippen LogP contribution in [0, 0.1) is 0 Å². The van der Waals surface area contributed by atoms with Crippen molar-refractivity contribution in [2.24, 2.45) is 0 Å². The fourth-order valence-electron chi connectivity index (χ4n) is 3.39. The summed E-state index contributed by atoms with van der Waals surface area (Å²) in [5.41, 5.74) is 0.911. The van der Waals surface area contributed by atoms with Crippen LogP contribution in [0.4, 0.5) is 5.69 Å². The molecule has 108 valence electrons. The maximum absolute atomic E-state index is 12.4. The molecule has 1 aliphatic carbocycles. The third-order valence-corrected chi connectivity index (χ3v) is 4.43. The maximum atomic E-state index is 12.4. The number of hydrogen-bond acceptors (Lipinski definition) is 4. The molecule has 3 heterocycles. The van der Waals surface area contributed by atoms with E-state index in [0.29, 0.717) is 11.3 Å². The molecule has 0 radical (unpaired) electrons. The maximum Gasteiger partial charge on any atom is 0.264 e. The number of nitrogens with zero attached hydrogens (tertiary/aromatic N) is 1. The summed E-state index contributed by atoms with van der Waals surface area (Å²) in [6, 6.07) is 3.95. The van der Waals surface area contributed by atoms with Crippen LogP contribution >= 0.6 is 0 Å². The van der Waals surface area contributed by atoms with E-state index in [1.165, 1.54) is 0 Å². The molecule has 2 unspecified atom stereocenters. The van der Waals surface area contributed by atoms with Gasteiger partial charge in [-0.3, -0.25) is 9.59 Å². The minimum atomic E-state index is -0.389. The number of hydrogen-bond donors (Lipinski definition) is 3. The average Bonchev–Trinajstić information content (AvgIpc) is 2.63. The van der Waals surface area contributed by atoms with Crippen LogP contribution in [-0.4, -0.2) is 28.0 Å². The number of nitrogens with one attached hydrogen (secondary N) is 3. The third-order valence-electron chi connectivity index (χ3n) is 4.43. The zero-order chi connectivity index (χ0) is 14.4. The summed E-state index contributed by atoms with van der Waals surface area (Å²) in [5.74, 6) is -0.293. The quantitative estimate of drug-likeness (QED) is 0.682. The van der Waals surface area contributed by atoms with Gasteiger partial charge in [0.25, 0.3) is 11.5 Å². The Labute approximate surface area is 121 Å². The van der Waals surface area contributed by atoms with Crippen LogP contribution in [0.5, 0.6) is 0 Å². The van der Waals surface area contributed by atoms with E-state index in [9.17, 15) is 9.59 Å². The minimum absolute atomic E-state index is 0.0878. The number of aromatic amines is 1. The van der Waals surface area contributed by atoms with Gasteiger partial charge in [0.1, 0.15) is 11.2 Å². The summed E-state index contributed by atoms with van der Waals surface area (Å²) in [5, 5.41) is 7.22. The summed E-state index contributed by atoms with van der Waals surface area (Å²) in [6.07, 6.45) is 5.83. The normalized spacial score (nSPS) is 24.5. The molecule has 0 spiro atoms. The number of H-pyrrole nitrogens is 1. The van der Waals surface area contributed by atoms with E-state index < -0.39 is 0 Å². The zero-order valence-corrected chi connectivity index (χ0v) is 11.5. The van der Waals surface area contributed by atoms with E-state index in [2.05, 4.69) is 20.6 Å². The molecule has 0 bridgehead atoms. The van der Waals surface area contributed by atoms with Gasteiger partial charge in [-0.25, -0.2) is 4.98 Å². The lowest BCUT2D eigenvalue weighted by atomic mass is 9.90. The number of fused-ring (bicyclic) bond motifs is 4. The largest absolute Gasteiger partial charge is 0.379 e. The molecule has 1 fully saturated rings. The summed E-state index contributed by atoms with van der Waals surface area (Å²) in [7, 11) is 0. The molecular formula is C15H16N4O2. The molecule has 21 heavy (non-hydrogen) atoms. The van der Waals surface area contributed by atoms with Crippen molar-refractivity contribution in [1.29, 1.82) is 0 Å². The van der Waals surface area contributed by atoms with E-state index in [1.54, 1.807) is 6.20 Å². The van der Waals surface area contributed by atoms with Gasteiger partial charge in [0, 0.05) is 23.7 Å². The molecule has 4 rings (SSSR count). The number of rotatable bonds is 0. The minimum Gasteiger partial charge on any atom is -0.379 e. The lowest BCUT2D eigenvalue weighted by molar-refractivity contribution is 0.0928. The molecule has 3 N–H and O–H groups in total. The van der Waals surface area contributed by atoms with E-state index in [0.717, 1.165) is 31.1 Å². The zero-order valence-electron chi connectivity index (χ0n) is 11.5. The van der Waals surface area contributed by atoms with Gasteiger partial charge in [0.2, 0.25) is 0 Å². The van der Waals surface area contributed by atoms with Crippen LogP contribution in [-0.2, 0) is 0 Å². The SMILES string of the molecule is O=C1NC2CCCCC2Nc2c1c(=O)[nH]c1ncccc21. The molecule has 2 aromatic rings.